The first-order valence-corrected chi connectivity index (χ1v) is 8.44. The summed E-state index contributed by atoms with van der Waals surface area (Å²) in [5, 5.41) is 6.80. The van der Waals surface area contributed by atoms with Crippen molar-refractivity contribution in [2.24, 2.45) is 16.8 Å². The molecule has 1 aliphatic rings. The van der Waals surface area contributed by atoms with E-state index in [1.807, 2.05) is 7.05 Å². The zero-order valence-electron chi connectivity index (χ0n) is 14.7. The van der Waals surface area contributed by atoms with Crippen LogP contribution in [0.2, 0.25) is 0 Å². The lowest BCUT2D eigenvalue weighted by atomic mass is 10.1. The van der Waals surface area contributed by atoms with Crippen LogP contribution in [0.5, 0.6) is 0 Å². The van der Waals surface area contributed by atoms with Crippen molar-refractivity contribution >= 4 is 5.96 Å². The molecule has 1 aliphatic heterocycles. The first-order valence-electron chi connectivity index (χ1n) is 8.44. The molecule has 0 radical (unpaired) electrons. The average molecular weight is 297 g/mol. The fourth-order valence-electron chi connectivity index (χ4n) is 2.59. The Bertz CT molecular complexity index is 295. The minimum atomic E-state index is 0.635. The standard InChI is InChI=1S/C16H35N5/c1-6-20-7-9-21(10-8-20)13-15(4)12-19-16(17-5)18-11-14(2)3/h14-15H,6-13H2,1-5H3,(H2,17,18,19). The second-order valence-corrected chi connectivity index (χ2v) is 6.57. The molecule has 2 N–H and O–H groups in total. The Balaban J connectivity index is 2.19. The smallest absolute Gasteiger partial charge is 0.190 e. The molecule has 0 saturated carbocycles. The van der Waals surface area contributed by atoms with Crippen LogP contribution >= 0.6 is 0 Å². The van der Waals surface area contributed by atoms with E-state index in [9.17, 15) is 0 Å². The molecule has 1 heterocycles. The first-order chi connectivity index (χ1) is 10.0. The number of hydrogen-bond donors (Lipinski definition) is 2. The predicted molar refractivity (Wildman–Crippen MR) is 91.9 cm³/mol. The molecule has 21 heavy (non-hydrogen) atoms. The monoisotopic (exact) mass is 297 g/mol. The highest BCUT2D eigenvalue weighted by molar-refractivity contribution is 5.79. The highest BCUT2D eigenvalue weighted by Crippen LogP contribution is 2.05. The van der Waals surface area contributed by atoms with Gasteiger partial charge in [0.15, 0.2) is 5.96 Å². The third-order valence-corrected chi connectivity index (χ3v) is 4.00. The normalized spacial score (nSPS) is 19.8. The molecule has 124 valence electrons. The molecule has 1 fully saturated rings. The molecule has 0 spiro atoms. The van der Waals surface area contributed by atoms with Gasteiger partial charge in [0.25, 0.3) is 0 Å². The molecule has 5 nitrogen and oxygen atoms in total. The Labute approximate surface area is 131 Å². The van der Waals surface area contributed by atoms with Crippen LogP contribution in [0.1, 0.15) is 27.7 Å². The van der Waals surface area contributed by atoms with Crippen molar-refractivity contribution in [1.82, 2.24) is 20.4 Å². The largest absolute Gasteiger partial charge is 0.356 e. The molecule has 1 unspecified atom stereocenters. The highest BCUT2D eigenvalue weighted by atomic mass is 15.3. The van der Waals surface area contributed by atoms with Crippen LogP contribution in [0.25, 0.3) is 0 Å². The quantitative estimate of drug-likeness (QED) is 0.545. The third-order valence-electron chi connectivity index (χ3n) is 4.00. The second kappa shape index (κ2) is 10.0. The lowest BCUT2D eigenvalue weighted by Crippen LogP contribution is -2.48. The molecule has 1 saturated heterocycles. The number of guanidine groups is 1. The van der Waals surface area contributed by atoms with E-state index in [0.29, 0.717) is 11.8 Å². The summed E-state index contributed by atoms with van der Waals surface area (Å²) in [6, 6.07) is 0. The Hall–Kier alpha value is -0.810. The van der Waals surface area contributed by atoms with Crippen LogP contribution in [-0.4, -0.2) is 75.2 Å². The summed E-state index contributed by atoms with van der Waals surface area (Å²) < 4.78 is 0. The van der Waals surface area contributed by atoms with Gasteiger partial charge in [-0.3, -0.25) is 4.99 Å². The zero-order valence-corrected chi connectivity index (χ0v) is 14.7. The van der Waals surface area contributed by atoms with Gasteiger partial charge >= 0.3 is 0 Å². The van der Waals surface area contributed by atoms with Gasteiger partial charge in [-0.1, -0.05) is 27.7 Å². The number of nitrogens with zero attached hydrogens (tertiary/aromatic N) is 3. The molecule has 1 atom stereocenters. The van der Waals surface area contributed by atoms with Gasteiger partial charge in [0.1, 0.15) is 0 Å². The van der Waals surface area contributed by atoms with Crippen molar-refractivity contribution in [3.05, 3.63) is 0 Å². The van der Waals surface area contributed by atoms with Crippen molar-refractivity contribution in [2.45, 2.75) is 27.7 Å². The maximum atomic E-state index is 4.27. The molecule has 0 aliphatic carbocycles. The topological polar surface area (TPSA) is 42.9 Å². The predicted octanol–water partition coefficient (Wildman–Crippen LogP) is 1.08. The Kier molecular flexibility index (Phi) is 8.69. The minimum Gasteiger partial charge on any atom is -0.356 e. The van der Waals surface area contributed by atoms with Gasteiger partial charge in [0.2, 0.25) is 0 Å². The lowest BCUT2D eigenvalue weighted by molar-refractivity contribution is 0.124. The SMILES string of the molecule is CCN1CCN(CC(C)CNC(=NC)NCC(C)C)CC1. The second-order valence-electron chi connectivity index (χ2n) is 6.57. The van der Waals surface area contributed by atoms with E-state index in [0.717, 1.165) is 19.0 Å². The van der Waals surface area contributed by atoms with Crippen LogP contribution in [0.15, 0.2) is 4.99 Å². The summed E-state index contributed by atoms with van der Waals surface area (Å²) in [5.41, 5.74) is 0. The van der Waals surface area contributed by atoms with E-state index in [2.05, 4.69) is 53.1 Å². The van der Waals surface area contributed by atoms with Crippen LogP contribution in [0.3, 0.4) is 0 Å². The highest BCUT2D eigenvalue weighted by Gasteiger charge is 2.17. The summed E-state index contributed by atoms with van der Waals surface area (Å²) in [5.74, 6) is 2.19. The summed E-state index contributed by atoms with van der Waals surface area (Å²) in [4.78, 5) is 9.38. The summed E-state index contributed by atoms with van der Waals surface area (Å²) in [6.45, 7) is 18.1. The van der Waals surface area contributed by atoms with Crippen LogP contribution in [0.4, 0.5) is 0 Å². The molecule has 5 heteroatoms. The van der Waals surface area contributed by atoms with Crippen molar-refractivity contribution in [3.8, 4) is 0 Å². The van der Waals surface area contributed by atoms with Crippen molar-refractivity contribution < 1.29 is 0 Å². The number of aliphatic imine (C=N–C) groups is 1. The van der Waals surface area contributed by atoms with E-state index < -0.39 is 0 Å². The molecule has 0 aromatic carbocycles. The van der Waals surface area contributed by atoms with E-state index in [4.69, 9.17) is 0 Å². The molecule has 0 amide bonds. The molecule has 0 aromatic rings. The lowest BCUT2D eigenvalue weighted by Gasteiger charge is -2.35. The van der Waals surface area contributed by atoms with Gasteiger partial charge in [0, 0.05) is 52.9 Å². The maximum absolute atomic E-state index is 4.27. The number of hydrogen-bond acceptors (Lipinski definition) is 3. The van der Waals surface area contributed by atoms with Gasteiger partial charge in [-0.15, -0.1) is 0 Å². The first kappa shape index (κ1) is 18.2. The average Bonchev–Trinajstić information content (AvgIpc) is 2.48. The Morgan fingerprint density at radius 3 is 2.10 bits per heavy atom. The Morgan fingerprint density at radius 1 is 1.00 bits per heavy atom. The molecule has 0 bridgehead atoms. The third kappa shape index (κ3) is 7.67. The van der Waals surface area contributed by atoms with Gasteiger partial charge in [0.05, 0.1) is 0 Å². The summed E-state index contributed by atoms with van der Waals surface area (Å²) in [7, 11) is 1.84. The fraction of sp³-hybridized carbons (Fsp3) is 0.938. The summed E-state index contributed by atoms with van der Waals surface area (Å²) >= 11 is 0. The van der Waals surface area contributed by atoms with Gasteiger partial charge < -0.3 is 20.4 Å². The molecular weight excluding hydrogens is 262 g/mol. The van der Waals surface area contributed by atoms with E-state index in [-0.39, 0.29) is 0 Å². The van der Waals surface area contributed by atoms with Crippen molar-refractivity contribution in [2.75, 3.05) is 59.4 Å². The van der Waals surface area contributed by atoms with Crippen molar-refractivity contribution in [3.63, 3.8) is 0 Å². The van der Waals surface area contributed by atoms with E-state index >= 15 is 0 Å². The van der Waals surface area contributed by atoms with E-state index in [1.54, 1.807) is 0 Å². The number of nitrogens with one attached hydrogen (secondary N) is 2. The molecule has 1 rings (SSSR count). The molecule has 0 aromatic heterocycles. The van der Waals surface area contributed by atoms with Gasteiger partial charge in [-0.2, -0.15) is 0 Å². The number of likely N-dealkylation sites (N-methyl/N-ethyl adjacent to an activating group) is 1. The van der Waals surface area contributed by atoms with Gasteiger partial charge in [-0.25, -0.2) is 0 Å². The van der Waals surface area contributed by atoms with E-state index in [1.165, 1.54) is 39.3 Å². The van der Waals surface area contributed by atoms with Crippen molar-refractivity contribution in [1.29, 1.82) is 0 Å². The van der Waals surface area contributed by atoms with Crippen LogP contribution in [0, 0.1) is 11.8 Å². The Morgan fingerprint density at radius 2 is 1.57 bits per heavy atom. The minimum absolute atomic E-state index is 0.635. The number of rotatable bonds is 7. The number of piperazine rings is 1. The fourth-order valence-corrected chi connectivity index (χ4v) is 2.59. The zero-order chi connectivity index (χ0) is 15.7. The van der Waals surface area contributed by atoms with Crippen LogP contribution in [-0.2, 0) is 0 Å². The van der Waals surface area contributed by atoms with Gasteiger partial charge in [-0.05, 0) is 18.4 Å². The summed E-state index contributed by atoms with van der Waals surface area (Å²) in [6.07, 6.45) is 0. The maximum Gasteiger partial charge on any atom is 0.190 e. The molecular formula is C16H35N5. The van der Waals surface area contributed by atoms with Crippen LogP contribution < -0.4 is 10.6 Å².